The minimum atomic E-state index is -0.389. The fraction of sp³-hybridized carbons (Fsp3) is 0.519. The predicted molar refractivity (Wildman–Crippen MR) is 123 cm³/mol. The number of hydrogen-bond donors (Lipinski definition) is 2. The fourth-order valence-electron chi connectivity index (χ4n) is 6.93. The number of pyridine rings is 1. The van der Waals surface area contributed by atoms with Crippen molar-refractivity contribution in [3.05, 3.63) is 53.9 Å². The molecule has 0 amide bonds. The highest BCUT2D eigenvalue weighted by Gasteiger charge is 2.59. The molecule has 2 fully saturated rings. The minimum Gasteiger partial charge on any atom is -0.508 e. The summed E-state index contributed by atoms with van der Waals surface area (Å²) in [5, 5.41) is 20.0. The van der Waals surface area contributed by atoms with Crippen LogP contribution >= 0.6 is 0 Å². The number of carbonyl (C=O) groups is 2. The number of hydrogen-bond acceptors (Lipinski definition) is 5. The van der Waals surface area contributed by atoms with Gasteiger partial charge in [0.15, 0.2) is 11.6 Å². The summed E-state index contributed by atoms with van der Waals surface area (Å²) >= 11 is 0. The predicted octanol–water partition coefficient (Wildman–Crippen LogP) is 5.66. The number of carbonyl (C=O) groups excluding carboxylic acids is 2. The number of aromatic hydroxyl groups is 2. The molecule has 4 rings (SSSR count). The molecule has 2 saturated carbocycles. The van der Waals surface area contributed by atoms with Crippen molar-refractivity contribution in [2.24, 2.45) is 34.5 Å². The van der Waals surface area contributed by atoms with Gasteiger partial charge in [0.25, 0.3) is 0 Å². The molecule has 0 saturated heterocycles. The zero-order valence-electron chi connectivity index (χ0n) is 19.3. The van der Waals surface area contributed by atoms with Gasteiger partial charge < -0.3 is 10.2 Å². The van der Waals surface area contributed by atoms with E-state index in [1.165, 1.54) is 18.2 Å². The Balaban J connectivity index is 1.81. The van der Waals surface area contributed by atoms with Gasteiger partial charge in [-0.1, -0.05) is 40.2 Å². The second kappa shape index (κ2) is 8.02. The summed E-state index contributed by atoms with van der Waals surface area (Å²) < 4.78 is 0. The van der Waals surface area contributed by atoms with E-state index in [1.807, 2.05) is 13.0 Å². The van der Waals surface area contributed by atoms with E-state index in [9.17, 15) is 19.8 Å². The van der Waals surface area contributed by atoms with Crippen molar-refractivity contribution in [3.8, 4) is 11.5 Å². The van der Waals surface area contributed by atoms with E-state index in [0.29, 0.717) is 11.3 Å². The largest absolute Gasteiger partial charge is 0.508 e. The molecule has 5 heteroatoms. The zero-order valence-corrected chi connectivity index (χ0v) is 19.3. The van der Waals surface area contributed by atoms with Crippen molar-refractivity contribution in [1.82, 2.24) is 4.98 Å². The first-order valence-corrected chi connectivity index (χ1v) is 11.6. The molecule has 0 aliphatic heterocycles. The van der Waals surface area contributed by atoms with Crippen LogP contribution in [0.15, 0.2) is 42.6 Å². The van der Waals surface area contributed by atoms with Crippen LogP contribution in [0.3, 0.4) is 0 Å². The van der Waals surface area contributed by atoms with Gasteiger partial charge in [-0.25, -0.2) is 0 Å². The topological polar surface area (TPSA) is 87.5 Å². The number of rotatable bonds is 4. The van der Waals surface area contributed by atoms with E-state index in [-0.39, 0.29) is 57.6 Å². The Morgan fingerprint density at radius 2 is 1.69 bits per heavy atom. The summed E-state index contributed by atoms with van der Waals surface area (Å²) in [6.07, 6.45) is 5.42. The fourth-order valence-corrected chi connectivity index (χ4v) is 6.93. The Morgan fingerprint density at radius 3 is 2.31 bits per heavy atom. The van der Waals surface area contributed by atoms with E-state index in [4.69, 9.17) is 0 Å². The van der Waals surface area contributed by atoms with Gasteiger partial charge in [-0.2, -0.15) is 0 Å². The van der Waals surface area contributed by atoms with Gasteiger partial charge >= 0.3 is 0 Å². The summed E-state index contributed by atoms with van der Waals surface area (Å²) in [5.41, 5.74) is 0.492. The lowest BCUT2D eigenvalue weighted by Gasteiger charge is -2.60. The van der Waals surface area contributed by atoms with Gasteiger partial charge in [-0.3, -0.25) is 14.6 Å². The zero-order chi connectivity index (χ0) is 23.3. The molecular weight excluding hydrogens is 402 g/mol. The molecule has 2 aliphatic carbocycles. The van der Waals surface area contributed by atoms with Crippen LogP contribution in [0.2, 0.25) is 0 Å². The molecule has 1 aromatic heterocycles. The lowest BCUT2D eigenvalue weighted by atomic mass is 9.43. The van der Waals surface area contributed by atoms with Gasteiger partial charge in [0, 0.05) is 29.7 Å². The highest BCUT2D eigenvalue weighted by Crippen LogP contribution is 2.63. The van der Waals surface area contributed by atoms with Gasteiger partial charge in [-0.05, 0) is 66.2 Å². The Bertz CT molecular complexity index is 1010. The molecule has 0 radical (unpaired) electrons. The molecule has 32 heavy (non-hydrogen) atoms. The van der Waals surface area contributed by atoms with Crippen LogP contribution in [-0.4, -0.2) is 26.8 Å². The SMILES string of the molecule is C[C@H]1C(C(=O)c2ccccn2)C[C@H]2C(C)(C)CCC[C@@]2(C)[C@H]1C(=O)c1cc(O)cc(O)c1. The van der Waals surface area contributed by atoms with Crippen molar-refractivity contribution in [2.45, 2.75) is 53.4 Å². The molecule has 2 N–H and O–H groups in total. The third-order valence-corrected chi connectivity index (χ3v) is 8.36. The molecular formula is C27H33NO4. The average Bonchev–Trinajstić information content (AvgIpc) is 2.72. The van der Waals surface area contributed by atoms with E-state index in [0.717, 1.165) is 25.7 Å². The van der Waals surface area contributed by atoms with Crippen LogP contribution in [0, 0.1) is 34.5 Å². The van der Waals surface area contributed by atoms with Gasteiger partial charge in [0.2, 0.25) is 0 Å². The number of Topliss-reactive ketones (excluding diaryl/α,β-unsaturated/α-hetero) is 2. The van der Waals surface area contributed by atoms with Crippen molar-refractivity contribution >= 4 is 11.6 Å². The van der Waals surface area contributed by atoms with Crippen molar-refractivity contribution in [1.29, 1.82) is 0 Å². The van der Waals surface area contributed by atoms with Crippen LogP contribution < -0.4 is 0 Å². The van der Waals surface area contributed by atoms with Crippen LogP contribution in [0.25, 0.3) is 0 Å². The van der Waals surface area contributed by atoms with Crippen molar-refractivity contribution < 1.29 is 19.8 Å². The van der Waals surface area contributed by atoms with Crippen molar-refractivity contribution in [2.75, 3.05) is 0 Å². The molecule has 1 unspecified atom stereocenters. The second-order valence-electron chi connectivity index (χ2n) is 10.8. The number of fused-ring (bicyclic) bond motifs is 1. The van der Waals surface area contributed by atoms with Crippen LogP contribution in [0.5, 0.6) is 11.5 Å². The van der Waals surface area contributed by atoms with Gasteiger partial charge in [0.1, 0.15) is 17.2 Å². The van der Waals surface area contributed by atoms with Crippen LogP contribution in [-0.2, 0) is 0 Å². The Kier molecular flexibility index (Phi) is 5.64. The molecule has 170 valence electrons. The molecule has 0 bridgehead atoms. The van der Waals surface area contributed by atoms with Crippen LogP contribution in [0.4, 0.5) is 0 Å². The summed E-state index contributed by atoms with van der Waals surface area (Å²) in [4.78, 5) is 31.8. The molecule has 0 spiro atoms. The van der Waals surface area contributed by atoms with Gasteiger partial charge in [0.05, 0.1) is 0 Å². The third kappa shape index (κ3) is 3.72. The number of nitrogens with zero attached hydrogens (tertiary/aromatic N) is 1. The first kappa shape index (κ1) is 22.5. The summed E-state index contributed by atoms with van der Waals surface area (Å²) in [5.74, 6) is -1.05. The van der Waals surface area contributed by atoms with E-state index in [1.54, 1.807) is 18.3 Å². The number of phenols is 2. The number of phenolic OH excluding ortho intramolecular Hbond substituents is 2. The van der Waals surface area contributed by atoms with E-state index in [2.05, 4.69) is 25.8 Å². The first-order valence-electron chi connectivity index (χ1n) is 11.6. The quantitative estimate of drug-likeness (QED) is 0.605. The van der Waals surface area contributed by atoms with Gasteiger partial charge in [-0.15, -0.1) is 0 Å². The highest BCUT2D eigenvalue weighted by atomic mass is 16.3. The molecule has 1 aromatic carbocycles. The summed E-state index contributed by atoms with van der Waals surface area (Å²) in [6.45, 7) is 8.74. The Labute approximate surface area is 189 Å². The lowest BCUT2D eigenvalue weighted by Crippen LogP contribution is -2.57. The summed E-state index contributed by atoms with van der Waals surface area (Å²) in [6, 6.07) is 9.43. The Hall–Kier alpha value is -2.69. The average molecular weight is 436 g/mol. The monoisotopic (exact) mass is 435 g/mol. The van der Waals surface area contributed by atoms with E-state index < -0.39 is 0 Å². The normalized spacial score (nSPS) is 31.5. The minimum absolute atomic E-state index is 0.00178. The van der Waals surface area contributed by atoms with Crippen LogP contribution in [0.1, 0.15) is 74.2 Å². The second-order valence-corrected chi connectivity index (χ2v) is 10.8. The molecule has 5 atom stereocenters. The smallest absolute Gasteiger partial charge is 0.184 e. The molecule has 2 aromatic rings. The number of benzene rings is 1. The lowest BCUT2D eigenvalue weighted by molar-refractivity contribution is -0.0944. The maximum absolute atomic E-state index is 13.9. The maximum atomic E-state index is 13.9. The highest BCUT2D eigenvalue weighted by molar-refractivity contribution is 6.01. The van der Waals surface area contributed by atoms with Crippen molar-refractivity contribution in [3.63, 3.8) is 0 Å². The third-order valence-electron chi connectivity index (χ3n) is 8.36. The molecule has 2 aliphatic rings. The number of aromatic nitrogens is 1. The maximum Gasteiger partial charge on any atom is 0.184 e. The van der Waals surface area contributed by atoms with E-state index >= 15 is 0 Å². The Morgan fingerprint density at radius 1 is 1.00 bits per heavy atom. The number of ketones is 2. The molecule has 5 nitrogen and oxygen atoms in total. The standard InChI is InChI=1S/C27H33NO4/c1-16-20(25(32)21-8-5-6-11-28-21)15-22-26(2,3)9-7-10-27(22,4)23(16)24(31)17-12-18(29)14-19(30)13-17/h5-6,8,11-14,16,20,22-23,29-30H,7,9-10,15H2,1-4H3/t16-,20?,22-,23+,27+/m0/s1. The first-order chi connectivity index (χ1) is 15.0. The molecule has 1 heterocycles. The summed E-state index contributed by atoms with van der Waals surface area (Å²) in [7, 11) is 0.